The third kappa shape index (κ3) is 2.17. The van der Waals surface area contributed by atoms with Gasteiger partial charge in [-0.15, -0.1) is 0 Å². The molecule has 0 saturated heterocycles. The smallest absolute Gasteiger partial charge is 0.123 e. The highest BCUT2D eigenvalue weighted by Gasteiger charge is 2.25. The molecule has 1 aromatic carbocycles. The molecule has 0 radical (unpaired) electrons. The second-order valence-electron chi connectivity index (χ2n) is 3.32. The van der Waals surface area contributed by atoms with Gasteiger partial charge in [-0.3, -0.25) is 0 Å². The number of hydrogen-bond acceptors (Lipinski definition) is 2. The highest BCUT2D eigenvalue weighted by atomic mass is 19.1. The van der Waals surface area contributed by atoms with Crippen molar-refractivity contribution in [2.75, 3.05) is 7.11 Å². The molecule has 1 unspecified atom stereocenters. The van der Waals surface area contributed by atoms with Crippen LogP contribution in [0.25, 0.3) is 0 Å². The van der Waals surface area contributed by atoms with Crippen LogP contribution in [0.3, 0.4) is 0 Å². The minimum absolute atomic E-state index is 0.215. The molecule has 0 aliphatic carbocycles. The number of rotatable bonds is 4. The Labute approximate surface area is 82.7 Å². The Morgan fingerprint density at radius 3 is 2.79 bits per heavy atom. The van der Waals surface area contributed by atoms with Gasteiger partial charge >= 0.3 is 0 Å². The van der Waals surface area contributed by atoms with E-state index in [0.717, 1.165) is 6.29 Å². The molecule has 0 fully saturated rings. The van der Waals surface area contributed by atoms with E-state index < -0.39 is 5.60 Å². The molecule has 3 heteroatoms. The van der Waals surface area contributed by atoms with Crippen LogP contribution in [-0.2, 0) is 15.1 Å². The van der Waals surface area contributed by atoms with Gasteiger partial charge in [0.05, 0.1) is 5.60 Å². The Morgan fingerprint density at radius 1 is 1.57 bits per heavy atom. The molecular formula is C11H13FO2. The number of benzene rings is 1. The van der Waals surface area contributed by atoms with Crippen molar-refractivity contribution in [3.8, 4) is 0 Å². The summed E-state index contributed by atoms with van der Waals surface area (Å²) in [5, 5.41) is 0. The normalized spacial score (nSPS) is 14.8. The Morgan fingerprint density at radius 2 is 2.29 bits per heavy atom. The van der Waals surface area contributed by atoms with Gasteiger partial charge in [-0.2, -0.15) is 0 Å². The van der Waals surface area contributed by atoms with Gasteiger partial charge in [0.25, 0.3) is 0 Å². The van der Waals surface area contributed by atoms with Crippen LogP contribution >= 0.6 is 0 Å². The summed E-state index contributed by atoms with van der Waals surface area (Å²) in [5.41, 5.74) is -0.0591. The lowest BCUT2D eigenvalue weighted by molar-refractivity contribution is -0.113. The standard InChI is InChI=1S/C11H13FO2/c1-11(14-2,6-7-13)9-4-3-5-10(12)8-9/h3-5,7-8H,6H2,1-2H3. The van der Waals surface area contributed by atoms with Crippen molar-refractivity contribution >= 4 is 6.29 Å². The molecule has 14 heavy (non-hydrogen) atoms. The van der Waals surface area contributed by atoms with Gasteiger partial charge in [0.1, 0.15) is 12.1 Å². The Balaban J connectivity index is 3.05. The number of methoxy groups -OCH3 is 1. The molecule has 1 atom stereocenters. The van der Waals surface area contributed by atoms with Crippen molar-refractivity contribution in [1.82, 2.24) is 0 Å². The predicted octanol–water partition coefficient (Wildman–Crippen LogP) is 2.28. The average molecular weight is 196 g/mol. The minimum atomic E-state index is -0.732. The summed E-state index contributed by atoms with van der Waals surface area (Å²) in [7, 11) is 1.51. The van der Waals surface area contributed by atoms with Gasteiger partial charge in [0, 0.05) is 13.5 Å². The van der Waals surface area contributed by atoms with Gasteiger partial charge in [0.15, 0.2) is 0 Å². The fourth-order valence-corrected chi connectivity index (χ4v) is 1.30. The van der Waals surface area contributed by atoms with E-state index in [1.807, 2.05) is 0 Å². The third-order valence-corrected chi connectivity index (χ3v) is 2.36. The first kappa shape index (κ1) is 10.9. The number of ether oxygens (including phenoxy) is 1. The summed E-state index contributed by atoms with van der Waals surface area (Å²) in [6, 6.07) is 6.09. The van der Waals surface area contributed by atoms with Gasteiger partial charge in [-0.25, -0.2) is 4.39 Å². The fraction of sp³-hybridized carbons (Fsp3) is 0.364. The van der Waals surface area contributed by atoms with E-state index >= 15 is 0 Å². The van der Waals surface area contributed by atoms with Crippen LogP contribution < -0.4 is 0 Å². The van der Waals surface area contributed by atoms with Crippen molar-refractivity contribution in [2.24, 2.45) is 0 Å². The second-order valence-corrected chi connectivity index (χ2v) is 3.32. The predicted molar refractivity (Wildman–Crippen MR) is 51.4 cm³/mol. The van der Waals surface area contributed by atoms with Crippen LogP contribution in [0.5, 0.6) is 0 Å². The summed E-state index contributed by atoms with van der Waals surface area (Å²) in [6.07, 6.45) is 0.987. The number of aldehydes is 1. The van der Waals surface area contributed by atoms with E-state index in [9.17, 15) is 9.18 Å². The molecule has 1 rings (SSSR count). The van der Waals surface area contributed by atoms with Gasteiger partial charge in [-0.05, 0) is 24.6 Å². The van der Waals surface area contributed by atoms with Crippen LogP contribution in [0.2, 0.25) is 0 Å². The van der Waals surface area contributed by atoms with Crippen molar-refractivity contribution in [3.63, 3.8) is 0 Å². The molecule has 0 bridgehead atoms. The van der Waals surface area contributed by atoms with Crippen molar-refractivity contribution in [3.05, 3.63) is 35.6 Å². The molecule has 0 heterocycles. The maximum atomic E-state index is 12.9. The van der Waals surface area contributed by atoms with Crippen molar-refractivity contribution in [2.45, 2.75) is 18.9 Å². The lowest BCUT2D eigenvalue weighted by Crippen LogP contribution is -2.24. The summed E-state index contributed by atoms with van der Waals surface area (Å²) in [4.78, 5) is 10.5. The summed E-state index contributed by atoms with van der Waals surface area (Å²) in [5.74, 6) is -0.323. The maximum absolute atomic E-state index is 12.9. The van der Waals surface area contributed by atoms with E-state index in [1.165, 1.54) is 19.2 Å². The lowest BCUT2D eigenvalue weighted by atomic mass is 9.93. The number of carbonyl (C=O) groups excluding carboxylic acids is 1. The van der Waals surface area contributed by atoms with Crippen LogP contribution in [0.1, 0.15) is 18.9 Å². The van der Waals surface area contributed by atoms with E-state index in [2.05, 4.69) is 0 Å². The second kappa shape index (κ2) is 4.33. The fourth-order valence-electron chi connectivity index (χ4n) is 1.30. The third-order valence-electron chi connectivity index (χ3n) is 2.36. The Kier molecular flexibility index (Phi) is 3.36. The molecule has 0 aromatic heterocycles. The van der Waals surface area contributed by atoms with Gasteiger partial charge < -0.3 is 9.53 Å². The Bertz CT molecular complexity index is 325. The van der Waals surface area contributed by atoms with Crippen LogP contribution in [-0.4, -0.2) is 13.4 Å². The molecule has 0 aliphatic rings. The molecule has 0 aliphatic heterocycles. The van der Waals surface area contributed by atoms with Crippen molar-refractivity contribution < 1.29 is 13.9 Å². The largest absolute Gasteiger partial charge is 0.373 e. The first-order chi connectivity index (χ1) is 6.62. The highest BCUT2D eigenvalue weighted by molar-refractivity contribution is 5.52. The monoisotopic (exact) mass is 196 g/mol. The zero-order valence-electron chi connectivity index (χ0n) is 8.29. The molecule has 0 spiro atoms. The van der Waals surface area contributed by atoms with Crippen LogP contribution in [0.4, 0.5) is 4.39 Å². The molecule has 2 nitrogen and oxygen atoms in total. The minimum Gasteiger partial charge on any atom is -0.373 e. The SMILES string of the molecule is COC(C)(CC=O)c1cccc(F)c1. The van der Waals surface area contributed by atoms with Crippen LogP contribution in [0, 0.1) is 5.82 Å². The number of hydrogen-bond donors (Lipinski definition) is 0. The zero-order chi connectivity index (χ0) is 10.6. The van der Waals surface area contributed by atoms with Crippen LogP contribution in [0.15, 0.2) is 24.3 Å². The zero-order valence-corrected chi connectivity index (χ0v) is 8.29. The highest BCUT2D eigenvalue weighted by Crippen LogP contribution is 2.27. The van der Waals surface area contributed by atoms with E-state index in [4.69, 9.17) is 4.74 Å². The van der Waals surface area contributed by atoms with E-state index in [1.54, 1.807) is 19.1 Å². The molecule has 0 amide bonds. The molecular weight excluding hydrogens is 183 g/mol. The van der Waals surface area contributed by atoms with Crippen molar-refractivity contribution in [1.29, 1.82) is 0 Å². The first-order valence-corrected chi connectivity index (χ1v) is 4.37. The molecule has 1 aromatic rings. The lowest BCUT2D eigenvalue weighted by Gasteiger charge is -2.26. The Hall–Kier alpha value is -1.22. The summed E-state index contributed by atoms with van der Waals surface area (Å²) in [6.45, 7) is 1.76. The maximum Gasteiger partial charge on any atom is 0.123 e. The first-order valence-electron chi connectivity index (χ1n) is 4.37. The molecule has 0 N–H and O–H groups in total. The number of halogens is 1. The summed E-state index contributed by atoms with van der Waals surface area (Å²) < 4.78 is 18.2. The topological polar surface area (TPSA) is 26.3 Å². The molecule has 76 valence electrons. The van der Waals surface area contributed by atoms with E-state index in [-0.39, 0.29) is 12.2 Å². The van der Waals surface area contributed by atoms with E-state index in [0.29, 0.717) is 5.56 Å². The van der Waals surface area contributed by atoms with Gasteiger partial charge in [-0.1, -0.05) is 12.1 Å². The van der Waals surface area contributed by atoms with Gasteiger partial charge in [0.2, 0.25) is 0 Å². The summed E-state index contributed by atoms with van der Waals surface area (Å²) >= 11 is 0. The molecule has 0 saturated carbocycles. The quantitative estimate of drug-likeness (QED) is 0.690. The average Bonchev–Trinajstić information content (AvgIpc) is 2.18. The number of carbonyl (C=O) groups is 1.